The highest BCUT2D eigenvalue weighted by Gasteiger charge is 2.28. The minimum Gasteiger partial charge on any atom is -0.469 e. The fraction of sp³-hybridized carbons (Fsp3) is 0.667. The van der Waals surface area contributed by atoms with Crippen LogP contribution in [0.1, 0.15) is 51.4 Å². The average molecular weight is 373 g/mol. The van der Waals surface area contributed by atoms with Crippen LogP contribution >= 0.6 is 0 Å². The Morgan fingerprint density at radius 1 is 1.11 bits per heavy atom. The first-order valence-corrected chi connectivity index (χ1v) is 10.2. The number of esters is 1. The molecule has 6 nitrogen and oxygen atoms in total. The van der Waals surface area contributed by atoms with Crippen LogP contribution < -0.4 is 10.2 Å². The Kier molecular flexibility index (Phi) is 7.07. The van der Waals surface area contributed by atoms with Crippen LogP contribution in [-0.2, 0) is 14.3 Å². The molecule has 1 aromatic rings. The molecule has 2 heterocycles. The molecule has 2 fully saturated rings. The first kappa shape index (κ1) is 19.6. The van der Waals surface area contributed by atoms with Crippen molar-refractivity contribution in [3.63, 3.8) is 0 Å². The van der Waals surface area contributed by atoms with E-state index in [1.807, 2.05) is 24.5 Å². The van der Waals surface area contributed by atoms with E-state index in [1.165, 1.54) is 12.8 Å². The maximum absolute atomic E-state index is 12.6. The van der Waals surface area contributed by atoms with E-state index < -0.39 is 0 Å². The summed E-state index contributed by atoms with van der Waals surface area (Å²) in [5.41, 5.74) is 1.19. The van der Waals surface area contributed by atoms with Gasteiger partial charge in [0, 0.05) is 49.6 Å². The summed E-state index contributed by atoms with van der Waals surface area (Å²) in [6.07, 6.45) is 11.1. The van der Waals surface area contributed by atoms with Crippen LogP contribution in [0, 0.1) is 11.8 Å². The van der Waals surface area contributed by atoms with E-state index in [0.29, 0.717) is 18.4 Å². The molecular formula is C21H31N3O3. The molecule has 6 heteroatoms. The molecule has 1 aliphatic carbocycles. The van der Waals surface area contributed by atoms with Crippen molar-refractivity contribution in [3.05, 3.63) is 24.5 Å². The summed E-state index contributed by atoms with van der Waals surface area (Å²) in [7, 11) is 1.44. The highest BCUT2D eigenvalue weighted by molar-refractivity contribution is 5.79. The predicted molar refractivity (Wildman–Crippen MR) is 104 cm³/mol. The summed E-state index contributed by atoms with van der Waals surface area (Å²) in [5, 5.41) is 3.28. The third kappa shape index (κ3) is 5.68. The molecule has 3 rings (SSSR count). The van der Waals surface area contributed by atoms with Crippen molar-refractivity contribution in [1.82, 2.24) is 10.3 Å². The van der Waals surface area contributed by atoms with E-state index >= 15 is 0 Å². The first-order chi connectivity index (χ1) is 13.2. The molecule has 1 amide bonds. The van der Waals surface area contributed by atoms with E-state index in [2.05, 4.69) is 15.2 Å². The van der Waals surface area contributed by atoms with Crippen LogP contribution in [0.15, 0.2) is 24.5 Å². The third-order valence-corrected chi connectivity index (χ3v) is 6.07. The highest BCUT2D eigenvalue weighted by atomic mass is 16.5. The van der Waals surface area contributed by atoms with Crippen molar-refractivity contribution in [3.8, 4) is 0 Å². The number of carbonyl (C=O) groups excluding carboxylic acids is 2. The van der Waals surface area contributed by atoms with Gasteiger partial charge in [-0.15, -0.1) is 0 Å². The number of piperidine rings is 1. The molecule has 27 heavy (non-hydrogen) atoms. The van der Waals surface area contributed by atoms with E-state index in [1.54, 1.807) is 0 Å². The van der Waals surface area contributed by atoms with Gasteiger partial charge in [-0.1, -0.05) is 0 Å². The number of rotatable bonds is 6. The molecule has 0 unspecified atom stereocenters. The predicted octanol–water partition coefficient (Wildman–Crippen LogP) is 2.93. The van der Waals surface area contributed by atoms with Crippen LogP contribution in [0.5, 0.6) is 0 Å². The molecule has 0 spiro atoms. The van der Waals surface area contributed by atoms with Gasteiger partial charge < -0.3 is 15.0 Å². The molecule has 0 aromatic carbocycles. The lowest BCUT2D eigenvalue weighted by atomic mass is 9.83. The molecule has 1 aromatic heterocycles. The van der Waals surface area contributed by atoms with E-state index in [-0.39, 0.29) is 17.8 Å². The van der Waals surface area contributed by atoms with E-state index in [0.717, 1.165) is 58.0 Å². The summed E-state index contributed by atoms with van der Waals surface area (Å²) < 4.78 is 4.72. The second-order valence-electron chi connectivity index (χ2n) is 7.81. The van der Waals surface area contributed by atoms with E-state index in [9.17, 15) is 9.59 Å². The Balaban J connectivity index is 1.36. The van der Waals surface area contributed by atoms with Crippen molar-refractivity contribution in [2.24, 2.45) is 11.8 Å². The summed E-state index contributed by atoms with van der Waals surface area (Å²) in [5.74, 6) is 0.812. The zero-order chi connectivity index (χ0) is 19.1. The van der Waals surface area contributed by atoms with Gasteiger partial charge in [0.25, 0.3) is 0 Å². The minimum atomic E-state index is -0.122. The standard InChI is InChI=1S/C21H31N3O3/c1-27-20(25)7-4-16-2-5-18(6-3-16)23-21(26)17-10-14-24(15-11-17)19-8-12-22-13-9-19/h8-9,12-13,16-18H,2-7,10-11,14-15H2,1H3,(H,23,26). The molecule has 0 bridgehead atoms. The maximum atomic E-state index is 12.6. The Morgan fingerprint density at radius 2 is 1.78 bits per heavy atom. The van der Waals surface area contributed by atoms with Gasteiger partial charge in [0.2, 0.25) is 5.91 Å². The van der Waals surface area contributed by atoms with Crippen LogP contribution in [0.4, 0.5) is 5.69 Å². The number of carbonyl (C=O) groups is 2. The molecule has 1 saturated heterocycles. The van der Waals surface area contributed by atoms with Gasteiger partial charge in [0.15, 0.2) is 0 Å². The van der Waals surface area contributed by atoms with Crippen molar-refractivity contribution < 1.29 is 14.3 Å². The molecule has 148 valence electrons. The van der Waals surface area contributed by atoms with Gasteiger partial charge in [0.1, 0.15) is 0 Å². The molecule has 0 atom stereocenters. The number of nitrogens with one attached hydrogen (secondary N) is 1. The Bertz CT molecular complexity index is 606. The summed E-state index contributed by atoms with van der Waals surface area (Å²) >= 11 is 0. The number of hydrogen-bond acceptors (Lipinski definition) is 5. The summed E-state index contributed by atoms with van der Waals surface area (Å²) in [4.78, 5) is 30.3. The fourth-order valence-corrected chi connectivity index (χ4v) is 4.29. The second kappa shape index (κ2) is 9.72. The van der Waals surface area contributed by atoms with Crippen molar-refractivity contribution in [2.45, 2.75) is 57.4 Å². The molecule has 1 saturated carbocycles. The third-order valence-electron chi connectivity index (χ3n) is 6.07. The summed E-state index contributed by atoms with van der Waals surface area (Å²) in [6.45, 7) is 1.84. The number of hydrogen-bond donors (Lipinski definition) is 1. The van der Waals surface area contributed by atoms with Crippen molar-refractivity contribution in [1.29, 1.82) is 0 Å². The zero-order valence-electron chi connectivity index (χ0n) is 16.2. The Hall–Kier alpha value is -2.11. The molecule has 1 N–H and O–H groups in total. The smallest absolute Gasteiger partial charge is 0.305 e. The van der Waals surface area contributed by atoms with Gasteiger partial charge in [-0.25, -0.2) is 0 Å². The summed E-state index contributed by atoms with van der Waals surface area (Å²) in [6, 6.07) is 4.35. The normalized spacial score (nSPS) is 23.7. The van der Waals surface area contributed by atoms with Crippen molar-refractivity contribution >= 4 is 17.6 Å². The zero-order valence-corrected chi connectivity index (χ0v) is 16.2. The lowest BCUT2D eigenvalue weighted by Crippen LogP contribution is -2.45. The fourth-order valence-electron chi connectivity index (χ4n) is 4.29. The number of aromatic nitrogens is 1. The lowest BCUT2D eigenvalue weighted by Gasteiger charge is -2.34. The SMILES string of the molecule is COC(=O)CCC1CCC(NC(=O)C2CCN(c3ccncc3)CC2)CC1. The van der Waals surface area contributed by atoms with Gasteiger partial charge in [0.05, 0.1) is 7.11 Å². The quantitative estimate of drug-likeness (QED) is 0.776. The van der Waals surface area contributed by atoms with Gasteiger partial charge in [-0.2, -0.15) is 0 Å². The Labute approximate surface area is 161 Å². The number of pyridine rings is 1. The van der Waals surface area contributed by atoms with Crippen LogP contribution in [0.25, 0.3) is 0 Å². The number of methoxy groups -OCH3 is 1. The van der Waals surface area contributed by atoms with Crippen molar-refractivity contribution in [2.75, 3.05) is 25.1 Å². The van der Waals surface area contributed by atoms with Gasteiger partial charge in [-0.3, -0.25) is 14.6 Å². The largest absolute Gasteiger partial charge is 0.469 e. The number of ether oxygens (including phenoxy) is 1. The molecule has 0 radical (unpaired) electrons. The number of nitrogens with zero attached hydrogens (tertiary/aromatic N) is 2. The molecule has 2 aliphatic rings. The highest BCUT2D eigenvalue weighted by Crippen LogP contribution is 2.29. The monoisotopic (exact) mass is 373 g/mol. The number of amides is 1. The van der Waals surface area contributed by atoms with Gasteiger partial charge >= 0.3 is 5.97 Å². The second-order valence-corrected chi connectivity index (χ2v) is 7.81. The van der Waals surface area contributed by atoms with Crippen LogP contribution in [-0.4, -0.2) is 43.1 Å². The maximum Gasteiger partial charge on any atom is 0.305 e. The number of anilines is 1. The van der Waals surface area contributed by atoms with E-state index in [4.69, 9.17) is 4.74 Å². The van der Waals surface area contributed by atoms with Gasteiger partial charge in [-0.05, 0) is 63.0 Å². The lowest BCUT2D eigenvalue weighted by molar-refractivity contribution is -0.141. The Morgan fingerprint density at radius 3 is 2.41 bits per heavy atom. The van der Waals surface area contributed by atoms with Crippen LogP contribution in [0.3, 0.4) is 0 Å². The molecular weight excluding hydrogens is 342 g/mol. The molecule has 1 aliphatic heterocycles. The first-order valence-electron chi connectivity index (χ1n) is 10.2. The van der Waals surface area contributed by atoms with Crippen LogP contribution in [0.2, 0.25) is 0 Å². The average Bonchev–Trinajstić information content (AvgIpc) is 2.73. The topological polar surface area (TPSA) is 71.5 Å². The minimum absolute atomic E-state index is 0.122.